The van der Waals surface area contributed by atoms with Gasteiger partial charge in [-0.1, -0.05) is 388 Å². The van der Waals surface area contributed by atoms with Gasteiger partial charge in [0.25, 0.3) is 0 Å². The fourth-order valence-corrected chi connectivity index (χ4v) is 14.3. The number of hydrogen-bond donors (Lipinski definition) is 3. The SMILES string of the molecule is CCCCCCCCCCCCCCCCCCCCCC(=O)O[C@H](COC(=O)CCCCCCCCCCCCCCCCCC)COP(=O)(O)OC[C@@H](O)COP(=O)(O)OC[C@@H](COC(=O)CCCCCCCCCCCCCC)OC(=O)CCCCCCCCCCCCCC(C)C. The second-order valence-electron chi connectivity index (χ2n) is 30.0. The summed E-state index contributed by atoms with van der Waals surface area (Å²) in [5.41, 5.74) is 0. The normalized spacial score (nSPS) is 13.8. The molecule has 0 heterocycles. The molecule has 2 unspecified atom stereocenters. The van der Waals surface area contributed by atoms with Gasteiger partial charge in [-0.05, 0) is 31.6 Å². The van der Waals surface area contributed by atoms with Crippen molar-refractivity contribution in [1.29, 1.82) is 0 Å². The Kier molecular flexibility index (Phi) is 73.5. The molecule has 0 saturated heterocycles. The van der Waals surface area contributed by atoms with Crippen molar-refractivity contribution in [2.24, 2.45) is 5.92 Å². The Balaban J connectivity index is 5.25. The van der Waals surface area contributed by atoms with Crippen molar-refractivity contribution in [1.82, 2.24) is 0 Å². The van der Waals surface area contributed by atoms with Crippen molar-refractivity contribution in [2.45, 2.75) is 457 Å². The molecule has 17 nitrogen and oxygen atoms in total. The molecule has 0 aromatic carbocycles. The minimum absolute atomic E-state index is 0.107. The van der Waals surface area contributed by atoms with Gasteiger partial charge < -0.3 is 33.8 Å². The highest BCUT2D eigenvalue weighted by molar-refractivity contribution is 7.47. The van der Waals surface area contributed by atoms with Gasteiger partial charge >= 0.3 is 39.5 Å². The van der Waals surface area contributed by atoms with Gasteiger partial charge in [-0.25, -0.2) is 9.13 Å². The van der Waals surface area contributed by atoms with Gasteiger partial charge in [0.15, 0.2) is 12.2 Å². The van der Waals surface area contributed by atoms with Gasteiger partial charge in [0, 0.05) is 25.7 Å². The Labute approximate surface area is 619 Å². The van der Waals surface area contributed by atoms with E-state index in [9.17, 15) is 43.2 Å². The third kappa shape index (κ3) is 76.1. The summed E-state index contributed by atoms with van der Waals surface area (Å²) in [5.74, 6) is -1.34. The van der Waals surface area contributed by atoms with Gasteiger partial charge in [-0.15, -0.1) is 0 Å². The minimum atomic E-state index is -4.96. The Hall–Kier alpha value is -1.94. The number of phosphoric ester groups is 2. The quantitative estimate of drug-likeness (QED) is 0.0222. The van der Waals surface area contributed by atoms with Crippen LogP contribution in [0.4, 0.5) is 0 Å². The van der Waals surface area contributed by atoms with Gasteiger partial charge in [-0.2, -0.15) is 0 Å². The summed E-state index contributed by atoms with van der Waals surface area (Å²) in [5, 5.41) is 10.7. The van der Waals surface area contributed by atoms with Crippen LogP contribution in [-0.4, -0.2) is 96.7 Å². The Morgan fingerprint density at radius 1 is 0.267 bits per heavy atom. The fourth-order valence-electron chi connectivity index (χ4n) is 12.8. The van der Waals surface area contributed by atoms with E-state index in [0.29, 0.717) is 25.7 Å². The summed E-state index contributed by atoms with van der Waals surface area (Å²) in [7, 11) is -9.92. The summed E-state index contributed by atoms with van der Waals surface area (Å²) < 4.78 is 68.8. The molecule has 3 N–H and O–H groups in total. The highest BCUT2D eigenvalue weighted by atomic mass is 31.2. The molecule has 0 bridgehead atoms. The van der Waals surface area contributed by atoms with Crippen LogP contribution in [0.5, 0.6) is 0 Å². The van der Waals surface area contributed by atoms with Crippen LogP contribution in [0.15, 0.2) is 0 Å². The number of aliphatic hydroxyl groups is 1. The van der Waals surface area contributed by atoms with E-state index in [1.165, 1.54) is 263 Å². The molecule has 0 aromatic rings. The highest BCUT2D eigenvalue weighted by Gasteiger charge is 2.30. The summed E-state index contributed by atoms with van der Waals surface area (Å²) in [6.45, 7) is 7.34. The number of unbranched alkanes of at least 4 members (excludes halogenated alkanes) is 54. The molecule has 0 aliphatic rings. The van der Waals surface area contributed by atoms with E-state index in [4.69, 9.17) is 37.0 Å². The molecular weight excluding hydrogens is 1320 g/mol. The zero-order chi connectivity index (χ0) is 74.1. The molecule has 19 heteroatoms. The number of ether oxygens (including phenoxy) is 4. The third-order valence-corrected chi connectivity index (χ3v) is 21.2. The number of aliphatic hydroxyl groups excluding tert-OH is 1. The Bertz CT molecular complexity index is 1930. The van der Waals surface area contributed by atoms with Crippen LogP contribution in [0.2, 0.25) is 0 Å². The fraction of sp³-hybridized carbons (Fsp3) is 0.951. The van der Waals surface area contributed by atoms with Crippen molar-refractivity contribution in [3.05, 3.63) is 0 Å². The first kappa shape index (κ1) is 99.1. The van der Waals surface area contributed by atoms with Crippen molar-refractivity contribution < 1.29 is 80.2 Å². The number of carbonyl (C=O) groups is 4. The van der Waals surface area contributed by atoms with Gasteiger partial charge in [0.2, 0.25) is 0 Å². The second kappa shape index (κ2) is 74.9. The molecular formula is C82H160O17P2. The van der Waals surface area contributed by atoms with Gasteiger partial charge in [0.1, 0.15) is 19.3 Å². The Morgan fingerprint density at radius 3 is 0.673 bits per heavy atom. The number of hydrogen-bond acceptors (Lipinski definition) is 15. The number of phosphoric acid groups is 2. The van der Waals surface area contributed by atoms with Crippen molar-refractivity contribution in [2.75, 3.05) is 39.6 Å². The molecule has 0 saturated carbocycles. The van der Waals surface area contributed by atoms with Crippen molar-refractivity contribution in [3.8, 4) is 0 Å². The average molecular weight is 1480 g/mol. The van der Waals surface area contributed by atoms with E-state index in [1.54, 1.807) is 0 Å². The minimum Gasteiger partial charge on any atom is -0.462 e. The summed E-state index contributed by atoms with van der Waals surface area (Å²) in [4.78, 5) is 73.1. The largest absolute Gasteiger partial charge is 0.472 e. The van der Waals surface area contributed by atoms with Crippen LogP contribution in [0.3, 0.4) is 0 Å². The Morgan fingerprint density at radius 2 is 0.455 bits per heavy atom. The molecule has 0 aliphatic heterocycles. The summed E-state index contributed by atoms with van der Waals surface area (Å²) in [6, 6.07) is 0. The van der Waals surface area contributed by atoms with E-state index in [-0.39, 0.29) is 25.7 Å². The molecule has 0 fully saturated rings. The predicted molar refractivity (Wildman–Crippen MR) is 414 cm³/mol. The lowest BCUT2D eigenvalue weighted by Gasteiger charge is -2.21. The van der Waals surface area contributed by atoms with Crippen molar-refractivity contribution >= 4 is 39.5 Å². The van der Waals surface area contributed by atoms with Crippen LogP contribution >= 0.6 is 15.6 Å². The molecule has 0 amide bonds. The molecule has 0 rings (SSSR count). The first-order chi connectivity index (χ1) is 49.0. The molecule has 0 aromatic heterocycles. The maximum atomic E-state index is 13.1. The second-order valence-corrected chi connectivity index (χ2v) is 32.9. The van der Waals surface area contributed by atoms with Crippen LogP contribution in [0.1, 0.15) is 439 Å². The zero-order valence-electron chi connectivity index (χ0n) is 66.1. The number of carbonyl (C=O) groups excluding carboxylic acids is 4. The average Bonchev–Trinajstić information content (AvgIpc) is 0.960. The lowest BCUT2D eigenvalue weighted by molar-refractivity contribution is -0.161. The smallest absolute Gasteiger partial charge is 0.462 e. The lowest BCUT2D eigenvalue weighted by atomic mass is 10.0. The maximum Gasteiger partial charge on any atom is 0.472 e. The van der Waals surface area contributed by atoms with Crippen LogP contribution < -0.4 is 0 Å². The summed E-state index contributed by atoms with van der Waals surface area (Å²) >= 11 is 0. The monoisotopic (exact) mass is 1480 g/mol. The molecule has 101 heavy (non-hydrogen) atoms. The van der Waals surface area contributed by atoms with E-state index in [2.05, 4.69) is 34.6 Å². The number of esters is 4. The van der Waals surface area contributed by atoms with E-state index >= 15 is 0 Å². The standard InChI is InChI=1S/C82H160O17P2/c1-6-9-12-15-18-21-24-27-29-31-32-33-35-37-42-47-52-57-62-67-81(86)98-77(72-93-80(85)66-61-56-51-46-41-36-34-30-28-25-22-19-16-13-10-7-2)73-96-100(88,89)94-69-76(83)70-95-101(90,91)97-74-78(71-92-79(84)65-60-55-50-45-40-26-23-20-17-14-11-8-3)99-82(87)68-63-58-53-48-43-38-39-44-49-54-59-64-75(4)5/h75-78,83H,6-74H2,1-5H3,(H,88,89)(H,90,91)/t76-,77-,78-/m1/s1. The molecule has 5 atom stereocenters. The topological polar surface area (TPSA) is 237 Å². The predicted octanol–water partition coefficient (Wildman–Crippen LogP) is 24.8. The molecule has 600 valence electrons. The van der Waals surface area contributed by atoms with Crippen LogP contribution in [0.25, 0.3) is 0 Å². The first-order valence-corrected chi connectivity index (χ1v) is 45.6. The first-order valence-electron chi connectivity index (χ1n) is 42.6. The molecule has 0 spiro atoms. The molecule has 0 aliphatic carbocycles. The van der Waals surface area contributed by atoms with Crippen LogP contribution in [0, 0.1) is 5.92 Å². The lowest BCUT2D eigenvalue weighted by Crippen LogP contribution is -2.30. The molecule has 0 radical (unpaired) electrons. The van der Waals surface area contributed by atoms with Crippen molar-refractivity contribution in [3.63, 3.8) is 0 Å². The van der Waals surface area contributed by atoms with Gasteiger partial charge in [0.05, 0.1) is 26.4 Å². The van der Waals surface area contributed by atoms with E-state index in [0.717, 1.165) is 95.8 Å². The van der Waals surface area contributed by atoms with E-state index < -0.39 is 97.5 Å². The third-order valence-electron chi connectivity index (χ3n) is 19.3. The van der Waals surface area contributed by atoms with Gasteiger partial charge in [-0.3, -0.25) is 37.3 Å². The van der Waals surface area contributed by atoms with Crippen LogP contribution in [-0.2, 0) is 65.4 Å². The number of rotatable bonds is 82. The maximum absolute atomic E-state index is 13.1. The summed E-state index contributed by atoms with van der Waals surface area (Å²) in [6.07, 6.45) is 66.5. The zero-order valence-corrected chi connectivity index (χ0v) is 67.8. The van der Waals surface area contributed by atoms with E-state index in [1.807, 2.05) is 0 Å². The highest BCUT2D eigenvalue weighted by Crippen LogP contribution is 2.45.